The van der Waals surface area contributed by atoms with Crippen LogP contribution in [0, 0.1) is 0 Å². The van der Waals surface area contributed by atoms with E-state index < -0.39 is 5.60 Å². The third kappa shape index (κ3) is 7.76. The van der Waals surface area contributed by atoms with Crippen LogP contribution in [0.5, 0.6) is 11.8 Å². The molecule has 0 radical (unpaired) electrons. The summed E-state index contributed by atoms with van der Waals surface area (Å²) < 4.78 is 18.5. The zero-order valence-corrected chi connectivity index (χ0v) is 30.8. The second kappa shape index (κ2) is 14.4. The summed E-state index contributed by atoms with van der Waals surface area (Å²) in [5.74, 6) is 1.68. The molecule has 51 heavy (non-hydrogen) atoms. The van der Waals surface area contributed by atoms with Crippen LogP contribution in [0.3, 0.4) is 0 Å². The Morgan fingerprint density at radius 2 is 1.76 bits per heavy atom. The number of likely N-dealkylation sites (tertiary alicyclic amines) is 1. The lowest BCUT2D eigenvalue weighted by Gasteiger charge is -2.40. The summed E-state index contributed by atoms with van der Waals surface area (Å²) in [4.78, 5) is 31.9. The number of fused-ring (bicyclic) bond motifs is 2. The van der Waals surface area contributed by atoms with Crippen molar-refractivity contribution in [3.8, 4) is 11.8 Å². The van der Waals surface area contributed by atoms with E-state index in [0.29, 0.717) is 38.4 Å². The maximum atomic E-state index is 13.1. The van der Waals surface area contributed by atoms with Crippen molar-refractivity contribution < 1.29 is 19.0 Å². The van der Waals surface area contributed by atoms with Crippen LogP contribution in [-0.4, -0.2) is 76.8 Å². The first-order chi connectivity index (χ1) is 24.5. The third-order valence-corrected chi connectivity index (χ3v) is 10.0. The molecule has 7 rings (SSSR count). The van der Waals surface area contributed by atoms with Crippen molar-refractivity contribution in [1.29, 1.82) is 0 Å². The first-order valence-corrected chi connectivity index (χ1v) is 18.2. The smallest absolute Gasteiger partial charge is 0.414 e. The van der Waals surface area contributed by atoms with E-state index in [1.165, 1.54) is 11.8 Å². The molecule has 10 nitrogen and oxygen atoms in total. The van der Waals surface area contributed by atoms with Crippen LogP contribution >= 0.6 is 0 Å². The number of hydrogen-bond acceptors (Lipinski definition) is 9. The number of aromatic nitrogens is 2. The Hall–Kier alpha value is -4.83. The van der Waals surface area contributed by atoms with Crippen LogP contribution in [-0.2, 0) is 24.3 Å². The van der Waals surface area contributed by atoms with E-state index >= 15 is 0 Å². The number of carbonyl (C=O) groups excluding carboxylic acids is 1. The monoisotopic (exact) mass is 690 g/mol. The lowest BCUT2D eigenvalue weighted by atomic mass is 10.0. The standard InChI is InChI=1S/C41H50N6O4/c1-28-24-47(40(48)51-41(3,4)5)29(2)23-46(28)38-35-18-20-45(25-36(35)42-39(43-38)50-27-32-16-12-19-44(32)6)37-22-33(21-31-15-10-11-17-34(31)37)49-26-30-13-8-7-9-14-30/h7-11,13-15,17,21-23,28,32H,12,16,18-20,24-27H2,1-6H3/t28-,32-/m0/s1. The summed E-state index contributed by atoms with van der Waals surface area (Å²) in [7, 11) is 2.15. The molecule has 0 unspecified atom stereocenters. The number of anilines is 2. The van der Waals surface area contributed by atoms with Gasteiger partial charge in [-0.25, -0.2) is 4.79 Å². The average Bonchev–Trinajstić information content (AvgIpc) is 3.53. The van der Waals surface area contributed by atoms with Crippen LogP contribution in [0.2, 0.25) is 0 Å². The number of carbonyl (C=O) groups is 1. The summed E-state index contributed by atoms with van der Waals surface area (Å²) in [6.45, 7) is 13.7. The summed E-state index contributed by atoms with van der Waals surface area (Å²) in [6, 6.07) is 23.7. The van der Waals surface area contributed by atoms with Crippen molar-refractivity contribution >= 4 is 28.4 Å². The third-order valence-electron chi connectivity index (χ3n) is 10.0. The first kappa shape index (κ1) is 34.6. The molecule has 0 N–H and O–H groups in total. The molecule has 1 saturated heterocycles. The molecule has 0 aliphatic carbocycles. The van der Waals surface area contributed by atoms with Gasteiger partial charge < -0.3 is 28.9 Å². The fourth-order valence-corrected chi connectivity index (χ4v) is 7.28. The number of amides is 1. The molecule has 0 spiro atoms. The minimum atomic E-state index is -0.576. The van der Waals surface area contributed by atoms with Crippen molar-refractivity contribution in [3.63, 3.8) is 0 Å². The van der Waals surface area contributed by atoms with Crippen LogP contribution in [0.15, 0.2) is 78.6 Å². The molecule has 1 fully saturated rings. The van der Waals surface area contributed by atoms with Gasteiger partial charge in [-0.1, -0.05) is 54.6 Å². The van der Waals surface area contributed by atoms with E-state index in [1.54, 1.807) is 4.90 Å². The number of benzene rings is 3. The topological polar surface area (TPSA) is 83.5 Å². The average molecular weight is 691 g/mol. The highest BCUT2D eigenvalue weighted by Crippen LogP contribution is 2.38. The van der Waals surface area contributed by atoms with E-state index in [1.807, 2.05) is 52.1 Å². The Morgan fingerprint density at radius 3 is 2.53 bits per heavy atom. The number of ether oxygens (including phenoxy) is 3. The van der Waals surface area contributed by atoms with Crippen molar-refractivity contribution in [1.82, 2.24) is 19.8 Å². The number of hydrogen-bond donors (Lipinski definition) is 0. The van der Waals surface area contributed by atoms with Gasteiger partial charge in [-0.2, -0.15) is 9.97 Å². The Bertz CT molecular complexity index is 1910. The fraction of sp³-hybridized carbons (Fsp3) is 0.439. The molecule has 2 atom stereocenters. The van der Waals surface area contributed by atoms with Gasteiger partial charge in [0.05, 0.1) is 18.3 Å². The fourth-order valence-electron chi connectivity index (χ4n) is 7.28. The summed E-state index contributed by atoms with van der Waals surface area (Å²) >= 11 is 0. The van der Waals surface area contributed by atoms with Crippen molar-refractivity contribution in [2.24, 2.45) is 0 Å². The van der Waals surface area contributed by atoms with Gasteiger partial charge in [-0.05, 0) is 84.5 Å². The Kier molecular flexibility index (Phi) is 9.79. The van der Waals surface area contributed by atoms with Gasteiger partial charge in [-0.3, -0.25) is 4.90 Å². The molecule has 3 aliphatic heterocycles. The van der Waals surface area contributed by atoms with Gasteiger partial charge in [0.25, 0.3) is 0 Å². The highest BCUT2D eigenvalue weighted by molar-refractivity contribution is 5.96. The zero-order chi connectivity index (χ0) is 35.7. The van der Waals surface area contributed by atoms with Gasteiger partial charge in [0.15, 0.2) is 0 Å². The molecule has 0 saturated carbocycles. The number of likely N-dealkylation sites (N-methyl/N-ethyl adjacent to an activating group) is 1. The Morgan fingerprint density at radius 1 is 0.980 bits per heavy atom. The molecule has 3 aromatic carbocycles. The predicted octanol–water partition coefficient (Wildman–Crippen LogP) is 7.55. The molecule has 1 aromatic heterocycles. The molecule has 0 bridgehead atoms. The molecule has 1 amide bonds. The van der Waals surface area contributed by atoms with Crippen LogP contribution in [0.1, 0.15) is 64.3 Å². The maximum Gasteiger partial charge on any atom is 0.414 e. The first-order valence-electron chi connectivity index (χ1n) is 18.2. The summed E-state index contributed by atoms with van der Waals surface area (Å²) in [5, 5.41) is 2.31. The summed E-state index contributed by atoms with van der Waals surface area (Å²) in [5.41, 5.74) is 4.54. The molecule has 4 heterocycles. The highest BCUT2D eigenvalue weighted by Gasteiger charge is 2.34. The minimum absolute atomic E-state index is 0.0468. The van der Waals surface area contributed by atoms with Crippen LogP contribution in [0.25, 0.3) is 10.8 Å². The minimum Gasteiger partial charge on any atom is -0.489 e. The van der Waals surface area contributed by atoms with Gasteiger partial charge >= 0.3 is 12.1 Å². The van der Waals surface area contributed by atoms with Gasteiger partial charge in [0, 0.05) is 53.7 Å². The van der Waals surface area contributed by atoms with E-state index in [2.05, 4.69) is 77.2 Å². The molecule has 3 aliphatic rings. The van der Waals surface area contributed by atoms with E-state index in [-0.39, 0.29) is 12.1 Å². The molecule has 10 heteroatoms. The second-order valence-electron chi connectivity index (χ2n) is 15.1. The molecule has 4 aromatic rings. The van der Waals surface area contributed by atoms with E-state index in [9.17, 15) is 4.79 Å². The lowest BCUT2D eigenvalue weighted by molar-refractivity contribution is 0.0297. The molecule has 268 valence electrons. The Labute approximate surface area is 301 Å². The lowest BCUT2D eigenvalue weighted by Crippen LogP contribution is -2.48. The largest absolute Gasteiger partial charge is 0.489 e. The highest BCUT2D eigenvalue weighted by atomic mass is 16.6. The Balaban J connectivity index is 1.22. The molecular weight excluding hydrogens is 640 g/mol. The maximum absolute atomic E-state index is 13.1. The van der Waals surface area contributed by atoms with Crippen LogP contribution < -0.4 is 19.3 Å². The van der Waals surface area contributed by atoms with Crippen molar-refractivity contribution in [2.75, 3.05) is 43.1 Å². The zero-order valence-electron chi connectivity index (χ0n) is 30.8. The SMILES string of the molecule is CC1=CN(c2nc(OC[C@@H]3CCCN3C)nc3c2CCN(c2cc(OCc4ccccc4)cc4ccccc24)C3)[C@@H](C)CN1C(=O)OC(C)(C)C. The normalized spacial score (nSPS) is 19.6. The number of nitrogens with zero attached hydrogens (tertiary/aromatic N) is 6. The van der Waals surface area contributed by atoms with Crippen molar-refractivity contribution in [3.05, 3.63) is 95.4 Å². The quantitative estimate of drug-likeness (QED) is 0.186. The second-order valence-corrected chi connectivity index (χ2v) is 15.1. The number of rotatable bonds is 8. The summed E-state index contributed by atoms with van der Waals surface area (Å²) in [6.07, 6.45) is 4.70. The molecular formula is C41H50N6O4. The van der Waals surface area contributed by atoms with Gasteiger partial charge in [0.2, 0.25) is 0 Å². The van der Waals surface area contributed by atoms with Gasteiger partial charge in [-0.15, -0.1) is 0 Å². The van der Waals surface area contributed by atoms with E-state index in [0.717, 1.165) is 71.1 Å². The van der Waals surface area contributed by atoms with Crippen molar-refractivity contribution in [2.45, 2.75) is 84.7 Å². The van der Waals surface area contributed by atoms with Crippen LogP contribution in [0.4, 0.5) is 16.3 Å². The predicted molar refractivity (Wildman–Crippen MR) is 201 cm³/mol. The van der Waals surface area contributed by atoms with Gasteiger partial charge in [0.1, 0.15) is 30.4 Å². The number of allylic oxidation sites excluding steroid dienone is 1. The van der Waals surface area contributed by atoms with E-state index in [4.69, 9.17) is 24.2 Å².